The smallest absolute Gasteiger partial charge is 0.303 e. The van der Waals surface area contributed by atoms with Crippen LogP contribution in [0.2, 0.25) is 0 Å². The maximum atomic E-state index is 10.2. The molecule has 0 aromatic heterocycles. The lowest BCUT2D eigenvalue weighted by atomic mass is 10.1. The van der Waals surface area contributed by atoms with Crippen molar-refractivity contribution in [2.45, 2.75) is 51.4 Å². The third-order valence-corrected chi connectivity index (χ3v) is 2.50. The number of aliphatic carboxylic acids is 1. The molecule has 0 heterocycles. The summed E-state index contributed by atoms with van der Waals surface area (Å²) in [6, 6.07) is 0. The standard InChI is InChI=1S/C12H25NO2/c1-13(2)11-9-7-5-3-4-6-8-10-12(14)15/h3-11H2,1-2H3,(H,14,15). The zero-order valence-corrected chi connectivity index (χ0v) is 10.2. The van der Waals surface area contributed by atoms with E-state index in [1.165, 1.54) is 38.6 Å². The Morgan fingerprint density at radius 1 is 0.933 bits per heavy atom. The first-order valence-electron chi connectivity index (χ1n) is 5.99. The van der Waals surface area contributed by atoms with Gasteiger partial charge in [0.15, 0.2) is 0 Å². The number of carbonyl (C=O) groups is 1. The van der Waals surface area contributed by atoms with Crippen LogP contribution in [0.15, 0.2) is 0 Å². The first kappa shape index (κ1) is 14.4. The van der Waals surface area contributed by atoms with Crippen LogP contribution in [-0.2, 0) is 4.79 Å². The average Bonchev–Trinajstić information content (AvgIpc) is 2.14. The van der Waals surface area contributed by atoms with Crippen LogP contribution in [0.3, 0.4) is 0 Å². The second kappa shape index (κ2) is 9.97. The van der Waals surface area contributed by atoms with Gasteiger partial charge >= 0.3 is 5.97 Å². The van der Waals surface area contributed by atoms with Gasteiger partial charge in [-0.15, -0.1) is 0 Å². The summed E-state index contributed by atoms with van der Waals surface area (Å²) in [7, 11) is 4.21. The second-order valence-electron chi connectivity index (χ2n) is 4.42. The lowest BCUT2D eigenvalue weighted by molar-refractivity contribution is -0.137. The molecule has 0 spiro atoms. The van der Waals surface area contributed by atoms with Crippen LogP contribution in [0.1, 0.15) is 51.4 Å². The fourth-order valence-corrected chi connectivity index (χ4v) is 1.59. The molecule has 0 radical (unpaired) electrons. The Morgan fingerprint density at radius 2 is 1.40 bits per heavy atom. The summed E-state index contributed by atoms with van der Waals surface area (Å²) in [5.74, 6) is -0.666. The van der Waals surface area contributed by atoms with E-state index in [1.54, 1.807) is 0 Å². The highest BCUT2D eigenvalue weighted by Crippen LogP contribution is 2.08. The fraction of sp³-hybridized carbons (Fsp3) is 0.917. The van der Waals surface area contributed by atoms with Crippen LogP contribution in [-0.4, -0.2) is 36.6 Å². The van der Waals surface area contributed by atoms with Gasteiger partial charge in [0.25, 0.3) is 0 Å². The van der Waals surface area contributed by atoms with Crippen molar-refractivity contribution >= 4 is 5.97 Å². The molecule has 0 fully saturated rings. The molecule has 0 aliphatic carbocycles. The number of hydrogen-bond donors (Lipinski definition) is 1. The number of carboxylic acids is 1. The summed E-state index contributed by atoms with van der Waals surface area (Å²) >= 11 is 0. The Bertz CT molecular complexity index is 158. The highest BCUT2D eigenvalue weighted by molar-refractivity contribution is 5.66. The number of hydrogen-bond acceptors (Lipinski definition) is 2. The molecule has 0 saturated heterocycles. The number of unbranched alkanes of at least 4 members (excludes halogenated alkanes) is 6. The van der Waals surface area contributed by atoms with Gasteiger partial charge in [-0.1, -0.05) is 32.1 Å². The molecule has 0 aliphatic rings. The monoisotopic (exact) mass is 215 g/mol. The third kappa shape index (κ3) is 13.4. The molecule has 0 aromatic rings. The molecule has 0 amide bonds. The Balaban J connectivity index is 2.96. The first-order chi connectivity index (χ1) is 7.13. The molecule has 0 aliphatic heterocycles. The van der Waals surface area contributed by atoms with E-state index in [9.17, 15) is 4.79 Å². The SMILES string of the molecule is CN(C)CCCCCCCCCC(=O)O. The predicted molar refractivity (Wildman–Crippen MR) is 63.1 cm³/mol. The van der Waals surface area contributed by atoms with Crippen molar-refractivity contribution in [3.63, 3.8) is 0 Å². The summed E-state index contributed by atoms with van der Waals surface area (Å²) in [5.41, 5.74) is 0. The molecule has 15 heavy (non-hydrogen) atoms. The minimum atomic E-state index is -0.666. The number of carboxylic acid groups (broad SMARTS) is 1. The number of nitrogens with zero attached hydrogens (tertiary/aromatic N) is 1. The summed E-state index contributed by atoms with van der Waals surface area (Å²) in [4.78, 5) is 12.4. The van der Waals surface area contributed by atoms with Gasteiger partial charge in [0.1, 0.15) is 0 Å². The fourth-order valence-electron chi connectivity index (χ4n) is 1.59. The molecule has 0 aromatic carbocycles. The van der Waals surface area contributed by atoms with Crippen molar-refractivity contribution in [3.8, 4) is 0 Å². The highest BCUT2D eigenvalue weighted by atomic mass is 16.4. The Hall–Kier alpha value is -0.570. The minimum Gasteiger partial charge on any atom is -0.481 e. The van der Waals surface area contributed by atoms with E-state index in [2.05, 4.69) is 19.0 Å². The minimum absolute atomic E-state index is 0.334. The first-order valence-corrected chi connectivity index (χ1v) is 5.99. The average molecular weight is 215 g/mol. The van der Waals surface area contributed by atoms with Crippen LogP contribution < -0.4 is 0 Å². The molecule has 0 rings (SSSR count). The van der Waals surface area contributed by atoms with Crippen molar-refractivity contribution in [2.75, 3.05) is 20.6 Å². The lowest BCUT2D eigenvalue weighted by Crippen LogP contribution is -2.12. The summed E-state index contributed by atoms with van der Waals surface area (Å²) in [6.45, 7) is 1.18. The summed E-state index contributed by atoms with van der Waals surface area (Å²) < 4.78 is 0. The van der Waals surface area contributed by atoms with E-state index < -0.39 is 5.97 Å². The largest absolute Gasteiger partial charge is 0.481 e. The molecular weight excluding hydrogens is 190 g/mol. The zero-order valence-electron chi connectivity index (χ0n) is 10.2. The second-order valence-corrected chi connectivity index (χ2v) is 4.42. The van der Waals surface area contributed by atoms with Crippen LogP contribution in [0, 0.1) is 0 Å². The Labute approximate surface area is 93.5 Å². The molecule has 0 bridgehead atoms. The quantitative estimate of drug-likeness (QED) is 0.570. The predicted octanol–water partition coefficient (Wildman–Crippen LogP) is 2.75. The van der Waals surface area contributed by atoms with Crippen molar-refractivity contribution < 1.29 is 9.90 Å². The summed E-state index contributed by atoms with van der Waals surface area (Å²) in [6.07, 6.45) is 8.57. The van der Waals surface area contributed by atoms with E-state index in [4.69, 9.17) is 5.11 Å². The van der Waals surface area contributed by atoms with E-state index in [0.717, 1.165) is 12.8 Å². The van der Waals surface area contributed by atoms with Crippen molar-refractivity contribution in [3.05, 3.63) is 0 Å². The molecule has 0 atom stereocenters. The van der Waals surface area contributed by atoms with Gasteiger partial charge in [-0.25, -0.2) is 0 Å². The van der Waals surface area contributed by atoms with E-state index in [0.29, 0.717) is 6.42 Å². The normalized spacial score (nSPS) is 10.9. The number of rotatable bonds is 10. The Morgan fingerprint density at radius 3 is 1.87 bits per heavy atom. The van der Waals surface area contributed by atoms with Crippen molar-refractivity contribution in [1.82, 2.24) is 4.90 Å². The Kier molecular flexibility index (Phi) is 9.59. The molecule has 0 unspecified atom stereocenters. The van der Waals surface area contributed by atoms with Crippen molar-refractivity contribution in [2.24, 2.45) is 0 Å². The van der Waals surface area contributed by atoms with Crippen LogP contribution in [0.5, 0.6) is 0 Å². The molecule has 90 valence electrons. The topological polar surface area (TPSA) is 40.5 Å². The molecule has 1 N–H and O–H groups in total. The van der Waals surface area contributed by atoms with Gasteiger partial charge in [0.05, 0.1) is 0 Å². The molecule has 3 heteroatoms. The third-order valence-electron chi connectivity index (χ3n) is 2.50. The molecular formula is C12H25NO2. The van der Waals surface area contributed by atoms with Gasteiger partial charge in [-0.3, -0.25) is 4.79 Å². The highest BCUT2D eigenvalue weighted by Gasteiger charge is 1.96. The maximum absolute atomic E-state index is 10.2. The van der Waals surface area contributed by atoms with Crippen molar-refractivity contribution in [1.29, 1.82) is 0 Å². The summed E-state index contributed by atoms with van der Waals surface area (Å²) in [5, 5.41) is 8.43. The van der Waals surface area contributed by atoms with Crippen LogP contribution >= 0.6 is 0 Å². The zero-order chi connectivity index (χ0) is 11.5. The van der Waals surface area contributed by atoms with Crippen LogP contribution in [0.25, 0.3) is 0 Å². The molecule has 3 nitrogen and oxygen atoms in total. The van der Waals surface area contributed by atoms with Gasteiger partial charge in [-0.05, 0) is 33.5 Å². The van der Waals surface area contributed by atoms with E-state index in [1.807, 2.05) is 0 Å². The van der Waals surface area contributed by atoms with Crippen LogP contribution in [0.4, 0.5) is 0 Å². The lowest BCUT2D eigenvalue weighted by Gasteiger charge is -2.08. The van der Waals surface area contributed by atoms with Gasteiger partial charge < -0.3 is 10.0 Å². The maximum Gasteiger partial charge on any atom is 0.303 e. The van der Waals surface area contributed by atoms with E-state index >= 15 is 0 Å². The van der Waals surface area contributed by atoms with Gasteiger partial charge in [0, 0.05) is 6.42 Å². The molecule has 0 saturated carbocycles. The van der Waals surface area contributed by atoms with E-state index in [-0.39, 0.29) is 0 Å². The van der Waals surface area contributed by atoms with Gasteiger partial charge in [-0.2, -0.15) is 0 Å². The van der Waals surface area contributed by atoms with Gasteiger partial charge in [0.2, 0.25) is 0 Å².